The molecule has 0 bridgehead atoms. The lowest BCUT2D eigenvalue weighted by molar-refractivity contribution is -0.133. The fourth-order valence-corrected chi connectivity index (χ4v) is 4.50. The Labute approximate surface area is 189 Å². The van der Waals surface area contributed by atoms with Gasteiger partial charge in [0.2, 0.25) is 5.91 Å². The second-order valence-electron chi connectivity index (χ2n) is 9.98. The van der Waals surface area contributed by atoms with E-state index < -0.39 is 0 Å². The number of carbonyl (C=O) groups excluding carboxylic acids is 1. The Morgan fingerprint density at radius 3 is 2.19 bits per heavy atom. The van der Waals surface area contributed by atoms with E-state index in [1.165, 1.54) is 30.4 Å². The minimum absolute atomic E-state index is 0.0728. The smallest absolute Gasteiger partial charge is 0.230 e. The number of hydrogen-bond acceptors (Lipinski definition) is 2. The van der Waals surface area contributed by atoms with E-state index in [0.29, 0.717) is 6.54 Å². The van der Waals surface area contributed by atoms with E-state index in [2.05, 4.69) is 73.9 Å². The predicted octanol–water partition coefficient (Wildman–Crippen LogP) is 5.99. The van der Waals surface area contributed by atoms with E-state index in [1.807, 2.05) is 18.2 Å². The van der Waals surface area contributed by atoms with Crippen LogP contribution in [0, 0.1) is 0 Å². The molecule has 0 saturated carbocycles. The van der Waals surface area contributed by atoms with Crippen molar-refractivity contribution < 1.29 is 4.79 Å². The van der Waals surface area contributed by atoms with Gasteiger partial charge in [-0.25, -0.2) is 0 Å². The maximum Gasteiger partial charge on any atom is 0.230 e. The number of likely N-dealkylation sites (tertiary alicyclic amines) is 1. The summed E-state index contributed by atoms with van der Waals surface area (Å²) in [4.78, 5) is 18.3. The number of rotatable bonds is 8. The maximum absolute atomic E-state index is 13.7. The predicted molar refractivity (Wildman–Crippen MR) is 130 cm³/mol. The van der Waals surface area contributed by atoms with E-state index in [0.717, 1.165) is 38.2 Å². The number of amides is 1. The molecule has 1 aliphatic rings. The SMILES string of the molecule is CCC(C(=O)N(CCN1CCCCC1)Cc1ccc(C(C)(C)C)cc1)c1ccccc1. The van der Waals surface area contributed by atoms with Gasteiger partial charge in [-0.3, -0.25) is 4.79 Å². The summed E-state index contributed by atoms with van der Waals surface area (Å²) in [6.45, 7) is 13.6. The van der Waals surface area contributed by atoms with Crippen LogP contribution in [-0.2, 0) is 16.8 Å². The zero-order valence-electron chi connectivity index (χ0n) is 19.9. The highest BCUT2D eigenvalue weighted by molar-refractivity contribution is 5.83. The lowest BCUT2D eigenvalue weighted by atomic mass is 9.86. The highest BCUT2D eigenvalue weighted by Gasteiger charge is 2.25. The Kier molecular flexibility index (Phi) is 8.31. The van der Waals surface area contributed by atoms with Crippen molar-refractivity contribution in [3.05, 3.63) is 71.3 Å². The number of benzene rings is 2. The van der Waals surface area contributed by atoms with Gasteiger partial charge in [-0.2, -0.15) is 0 Å². The van der Waals surface area contributed by atoms with Crippen LogP contribution in [0.25, 0.3) is 0 Å². The van der Waals surface area contributed by atoms with Gasteiger partial charge in [0.1, 0.15) is 0 Å². The van der Waals surface area contributed by atoms with Crippen LogP contribution in [0.3, 0.4) is 0 Å². The molecule has 1 fully saturated rings. The van der Waals surface area contributed by atoms with Crippen molar-refractivity contribution in [2.75, 3.05) is 26.2 Å². The lowest BCUT2D eigenvalue weighted by Crippen LogP contribution is -2.42. The highest BCUT2D eigenvalue weighted by Crippen LogP contribution is 2.25. The normalized spacial score (nSPS) is 16.1. The quantitative estimate of drug-likeness (QED) is 0.523. The van der Waals surface area contributed by atoms with Crippen LogP contribution >= 0.6 is 0 Å². The molecule has 0 aliphatic carbocycles. The minimum atomic E-state index is -0.0728. The molecule has 0 spiro atoms. The number of hydrogen-bond donors (Lipinski definition) is 0. The molecule has 1 amide bonds. The summed E-state index contributed by atoms with van der Waals surface area (Å²) in [6.07, 6.45) is 4.73. The first-order valence-corrected chi connectivity index (χ1v) is 12.0. The molecule has 3 heteroatoms. The number of nitrogens with zero attached hydrogens (tertiary/aromatic N) is 2. The van der Waals surface area contributed by atoms with Crippen molar-refractivity contribution in [1.29, 1.82) is 0 Å². The van der Waals surface area contributed by atoms with Crippen molar-refractivity contribution in [2.24, 2.45) is 0 Å². The molecule has 1 unspecified atom stereocenters. The Morgan fingerprint density at radius 2 is 1.61 bits per heavy atom. The lowest BCUT2D eigenvalue weighted by Gasteiger charge is -2.32. The van der Waals surface area contributed by atoms with Gasteiger partial charge < -0.3 is 9.80 Å². The van der Waals surface area contributed by atoms with E-state index in [1.54, 1.807) is 0 Å². The van der Waals surface area contributed by atoms with Crippen LogP contribution < -0.4 is 0 Å². The van der Waals surface area contributed by atoms with Crippen LogP contribution in [0.15, 0.2) is 54.6 Å². The third-order valence-electron chi connectivity index (χ3n) is 6.55. The number of carbonyl (C=O) groups is 1. The van der Waals surface area contributed by atoms with Gasteiger partial charge in [0.25, 0.3) is 0 Å². The van der Waals surface area contributed by atoms with Gasteiger partial charge in [-0.05, 0) is 54.5 Å². The molecule has 2 aromatic carbocycles. The summed E-state index contributed by atoms with van der Waals surface area (Å²) in [7, 11) is 0. The highest BCUT2D eigenvalue weighted by atomic mass is 16.2. The monoisotopic (exact) mass is 420 g/mol. The average molecular weight is 421 g/mol. The van der Waals surface area contributed by atoms with Gasteiger partial charge in [-0.15, -0.1) is 0 Å². The van der Waals surface area contributed by atoms with Crippen molar-refractivity contribution in [1.82, 2.24) is 9.80 Å². The summed E-state index contributed by atoms with van der Waals surface area (Å²) in [6, 6.07) is 19.1. The molecule has 0 radical (unpaired) electrons. The number of piperidine rings is 1. The van der Waals surface area contributed by atoms with Crippen molar-refractivity contribution in [3.63, 3.8) is 0 Å². The fraction of sp³-hybridized carbons (Fsp3) is 0.536. The molecule has 0 N–H and O–H groups in total. The molecule has 3 nitrogen and oxygen atoms in total. The Balaban J connectivity index is 1.77. The fourth-order valence-electron chi connectivity index (χ4n) is 4.50. The standard InChI is InChI=1S/C28H40N2O/c1-5-26(24-12-8-6-9-13-24)27(31)30(21-20-29-18-10-7-11-19-29)22-23-14-16-25(17-15-23)28(2,3)4/h6,8-9,12-17,26H,5,7,10-11,18-22H2,1-4H3. The van der Waals surface area contributed by atoms with Crippen LogP contribution in [0.2, 0.25) is 0 Å². The van der Waals surface area contributed by atoms with Gasteiger partial charge >= 0.3 is 0 Å². The van der Waals surface area contributed by atoms with Crippen molar-refractivity contribution >= 4 is 5.91 Å². The van der Waals surface area contributed by atoms with Crippen molar-refractivity contribution in [2.45, 2.75) is 71.3 Å². The summed E-state index contributed by atoms with van der Waals surface area (Å²) < 4.78 is 0. The molecule has 0 aromatic heterocycles. The molecular formula is C28H40N2O. The summed E-state index contributed by atoms with van der Waals surface area (Å²) in [5, 5.41) is 0. The van der Waals surface area contributed by atoms with Crippen LogP contribution in [0.5, 0.6) is 0 Å². The summed E-state index contributed by atoms with van der Waals surface area (Å²) in [5.74, 6) is 0.182. The molecule has 1 aliphatic heterocycles. The third kappa shape index (κ3) is 6.67. The van der Waals surface area contributed by atoms with Gasteiger partial charge in [0.05, 0.1) is 5.92 Å². The Morgan fingerprint density at radius 1 is 0.968 bits per heavy atom. The zero-order chi connectivity index (χ0) is 22.3. The first-order chi connectivity index (χ1) is 14.9. The van der Waals surface area contributed by atoms with Gasteiger partial charge in [-0.1, -0.05) is 88.7 Å². The van der Waals surface area contributed by atoms with E-state index in [9.17, 15) is 4.79 Å². The summed E-state index contributed by atoms with van der Waals surface area (Å²) in [5.41, 5.74) is 3.81. The van der Waals surface area contributed by atoms with Crippen LogP contribution in [-0.4, -0.2) is 41.9 Å². The van der Waals surface area contributed by atoms with E-state index >= 15 is 0 Å². The molecule has 1 atom stereocenters. The third-order valence-corrected chi connectivity index (χ3v) is 6.55. The first kappa shape index (κ1) is 23.5. The largest absolute Gasteiger partial charge is 0.337 e. The second-order valence-corrected chi connectivity index (χ2v) is 9.98. The molecule has 1 saturated heterocycles. The first-order valence-electron chi connectivity index (χ1n) is 12.0. The molecule has 168 valence electrons. The average Bonchev–Trinajstić information content (AvgIpc) is 2.78. The van der Waals surface area contributed by atoms with Gasteiger partial charge in [0.15, 0.2) is 0 Å². The van der Waals surface area contributed by atoms with Gasteiger partial charge in [0, 0.05) is 19.6 Å². The Bertz CT molecular complexity index is 801. The van der Waals surface area contributed by atoms with Crippen LogP contribution in [0.1, 0.15) is 76.0 Å². The van der Waals surface area contributed by atoms with Crippen LogP contribution in [0.4, 0.5) is 0 Å². The van der Waals surface area contributed by atoms with E-state index in [-0.39, 0.29) is 17.2 Å². The minimum Gasteiger partial charge on any atom is -0.337 e. The second kappa shape index (κ2) is 10.9. The molecule has 2 aromatic rings. The Hall–Kier alpha value is -2.13. The zero-order valence-corrected chi connectivity index (χ0v) is 19.9. The molecule has 31 heavy (non-hydrogen) atoms. The van der Waals surface area contributed by atoms with Crippen molar-refractivity contribution in [3.8, 4) is 0 Å². The topological polar surface area (TPSA) is 23.6 Å². The molecule has 3 rings (SSSR count). The summed E-state index contributed by atoms with van der Waals surface area (Å²) >= 11 is 0. The maximum atomic E-state index is 13.7. The van der Waals surface area contributed by atoms with E-state index in [4.69, 9.17) is 0 Å². The molecule has 1 heterocycles. The molecular weight excluding hydrogens is 380 g/mol.